The van der Waals surface area contributed by atoms with Gasteiger partial charge in [-0.2, -0.15) is 0 Å². The molecule has 4 aromatic rings. The third kappa shape index (κ3) is 3.41. The van der Waals surface area contributed by atoms with Gasteiger partial charge in [0.2, 0.25) is 0 Å². The Bertz CT molecular complexity index is 1400. The van der Waals surface area contributed by atoms with Crippen molar-refractivity contribution in [1.82, 2.24) is 4.98 Å². The highest BCUT2D eigenvalue weighted by atomic mass is 79.9. The van der Waals surface area contributed by atoms with E-state index in [1.165, 1.54) is 23.1 Å². The molecule has 1 aliphatic rings. The molecule has 158 valence electrons. The number of rotatable bonds is 3. The smallest absolute Gasteiger partial charge is 0.301 e. The molecule has 0 aliphatic carbocycles. The van der Waals surface area contributed by atoms with Gasteiger partial charge >= 0.3 is 5.91 Å². The second-order valence-electron chi connectivity index (χ2n) is 7.20. The molecule has 0 bridgehead atoms. The first kappa shape index (κ1) is 20.5. The molecule has 0 spiro atoms. The van der Waals surface area contributed by atoms with Crippen LogP contribution in [-0.4, -0.2) is 21.8 Å². The average Bonchev–Trinajstić information content (AvgIpc) is 3.32. The maximum Gasteiger partial charge on any atom is 0.301 e. The number of hydrogen-bond donors (Lipinski definition) is 1. The molecular formula is C24H14BrFN2O3S. The highest BCUT2D eigenvalue weighted by Crippen LogP contribution is 2.44. The predicted octanol–water partition coefficient (Wildman–Crippen LogP) is 5.82. The highest BCUT2D eigenvalue weighted by molar-refractivity contribution is 9.10. The average molecular weight is 509 g/mol. The minimum Gasteiger partial charge on any atom is -0.507 e. The van der Waals surface area contributed by atoms with E-state index in [2.05, 4.69) is 20.9 Å². The third-order valence-corrected chi connectivity index (χ3v) is 6.77. The summed E-state index contributed by atoms with van der Waals surface area (Å²) in [6, 6.07) is 19.0. The van der Waals surface area contributed by atoms with Crippen LogP contribution < -0.4 is 4.90 Å². The van der Waals surface area contributed by atoms with Gasteiger partial charge in [-0.1, -0.05) is 69.7 Å². The second-order valence-corrected chi connectivity index (χ2v) is 9.12. The number of Topliss-reactive ketones (excluding diaryl/α,β-unsaturated/α-hetero) is 1. The number of thiazole rings is 1. The number of anilines is 1. The van der Waals surface area contributed by atoms with Gasteiger partial charge in [0, 0.05) is 10.0 Å². The molecule has 0 unspecified atom stereocenters. The Balaban J connectivity index is 1.73. The minimum absolute atomic E-state index is 0.0195. The molecule has 3 aromatic carbocycles. The van der Waals surface area contributed by atoms with Crippen molar-refractivity contribution < 1.29 is 19.1 Å². The van der Waals surface area contributed by atoms with E-state index in [4.69, 9.17) is 0 Å². The van der Waals surface area contributed by atoms with Crippen molar-refractivity contribution in [3.63, 3.8) is 0 Å². The number of carbonyl (C=O) groups is 2. The molecule has 0 radical (unpaired) electrons. The van der Waals surface area contributed by atoms with Crippen LogP contribution >= 0.6 is 27.3 Å². The van der Waals surface area contributed by atoms with Crippen LogP contribution in [0.4, 0.5) is 9.52 Å². The molecule has 1 aromatic heterocycles. The summed E-state index contributed by atoms with van der Waals surface area (Å²) in [4.78, 5) is 32.0. The number of ketones is 1. The number of amides is 1. The summed E-state index contributed by atoms with van der Waals surface area (Å²) < 4.78 is 15.1. The molecule has 5 rings (SSSR count). The first-order chi connectivity index (χ1) is 15.4. The molecule has 1 amide bonds. The molecule has 1 atom stereocenters. The van der Waals surface area contributed by atoms with Crippen molar-refractivity contribution in [3.05, 3.63) is 99.8 Å². The molecule has 1 saturated heterocycles. The number of aromatic nitrogens is 1. The lowest BCUT2D eigenvalue weighted by Crippen LogP contribution is -2.29. The van der Waals surface area contributed by atoms with Crippen molar-refractivity contribution in [2.24, 2.45) is 0 Å². The van der Waals surface area contributed by atoms with E-state index in [-0.39, 0.29) is 16.5 Å². The minimum atomic E-state index is -0.881. The van der Waals surface area contributed by atoms with E-state index < -0.39 is 23.5 Å². The van der Waals surface area contributed by atoms with E-state index in [1.807, 2.05) is 0 Å². The zero-order valence-corrected chi connectivity index (χ0v) is 18.7. The van der Waals surface area contributed by atoms with Crippen molar-refractivity contribution in [1.29, 1.82) is 0 Å². The Labute approximate surface area is 194 Å². The maximum absolute atomic E-state index is 13.7. The molecule has 2 heterocycles. The van der Waals surface area contributed by atoms with Gasteiger partial charge in [-0.15, -0.1) is 0 Å². The normalized spacial score (nSPS) is 17.9. The lowest BCUT2D eigenvalue weighted by Gasteiger charge is -2.23. The molecular weight excluding hydrogens is 495 g/mol. The first-order valence-corrected chi connectivity index (χ1v) is 11.2. The topological polar surface area (TPSA) is 70.5 Å². The number of fused-ring (bicyclic) bond motifs is 1. The SMILES string of the molecule is O=C1C(=O)N(c2nc3ccc(F)cc3s2)[C@@H](c2ccc(Br)cc2)/C1=C(\O)c1ccccc1. The van der Waals surface area contributed by atoms with Gasteiger partial charge in [0.05, 0.1) is 21.8 Å². The summed E-state index contributed by atoms with van der Waals surface area (Å²) in [5.74, 6) is -2.27. The number of carbonyl (C=O) groups excluding carboxylic acids is 2. The highest BCUT2D eigenvalue weighted by Gasteiger charge is 2.48. The van der Waals surface area contributed by atoms with Crippen LogP contribution in [0.25, 0.3) is 16.0 Å². The molecule has 1 fully saturated rings. The number of nitrogens with zero attached hydrogens (tertiary/aromatic N) is 2. The van der Waals surface area contributed by atoms with Crippen LogP contribution in [0, 0.1) is 5.82 Å². The predicted molar refractivity (Wildman–Crippen MR) is 125 cm³/mol. The van der Waals surface area contributed by atoms with E-state index in [1.54, 1.807) is 54.6 Å². The summed E-state index contributed by atoms with van der Waals surface area (Å²) in [6.07, 6.45) is 0. The number of aliphatic hydroxyl groups is 1. The zero-order valence-electron chi connectivity index (χ0n) is 16.3. The van der Waals surface area contributed by atoms with E-state index in [0.717, 1.165) is 15.8 Å². The van der Waals surface area contributed by atoms with Gasteiger partial charge in [0.15, 0.2) is 5.13 Å². The Morgan fingerprint density at radius 3 is 2.47 bits per heavy atom. The summed E-state index contributed by atoms with van der Waals surface area (Å²) in [7, 11) is 0. The molecule has 8 heteroatoms. The van der Waals surface area contributed by atoms with Gasteiger partial charge in [0.1, 0.15) is 11.6 Å². The number of hydrogen-bond acceptors (Lipinski definition) is 5. The van der Waals surface area contributed by atoms with Crippen LogP contribution in [0.15, 0.2) is 82.8 Å². The fourth-order valence-corrected chi connectivity index (χ4v) is 5.01. The van der Waals surface area contributed by atoms with Gasteiger partial charge in [-0.3, -0.25) is 14.5 Å². The second kappa shape index (κ2) is 7.96. The van der Waals surface area contributed by atoms with Crippen LogP contribution in [0.1, 0.15) is 17.2 Å². The van der Waals surface area contributed by atoms with Gasteiger partial charge < -0.3 is 5.11 Å². The molecule has 32 heavy (non-hydrogen) atoms. The Kier molecular flexibility index (Phi) is 5.11. The van der Waals surface area contributed by atoms with Crippen molar-refractivity contribution >= 4 is 60.1 Å². The number of benzene rings is 3. The third-order valence-electron chi connectivity index (χ3n) is 5.22. The maximum atomic E-state index is 13.7. The van der Waals surface area contributed by atoms with E-state index >= 15 is 0 Å². The summed E-state index contributed by atoms with van der Waals surface area (Å²) >= 11 is 4.51. The molecule has 1 N–H and O–H groups in total. The van der Waals surface area contributed by atoms with E-state index in [0.29, 0.717) is 21.3 Å². The van der Waals surface area contributed by atoms with Crippen LogP contribution in [0.5, 0.6) is 0 Å². The monoisotopic (exact) mass is 508 g/mol. The number of halogens is 2. The standard InChI is InChI=1S/C24H14BrFN2O3S/c25-15-8-6-13(7-9-15)20-19(21(29)14-4-2-1-3-5-14)22(30)23(31)28(20)24-27-17-11-10-16(26)12-18(17)32-24/h1-12,20,29H/b21-19+/t20-/m0/s1. The summed E-state index contributed by atoms with van der Waals surface area (Å²) in [5, 5.41) is 11.3. The summed E-state index contributed by atoms with van der Waals surface area (Å²) in [6.45, 7) is 0. The van der Waals surface area contributed by atoms with Gasteiger partial charge in [0.25, 0.3) is 5.78 Å². The Morgan fingerprint density at radius 2 is 1.75 bits per heavy atom. The molecule has 1 aliphatic heterocycles. The zero-order chi connectivity index (χ0) is 22.4. The van der Waals surface area contributed by atoms with Crippen molar-refractivity contribution in [2.45, 2.75) is 6.04 Å². The largest absolute Gasteiger partial charge is 0.507 e. The summed E-state index contributed by atoms with van der Waals surface area (Å²) in [5.41, 5.74) is 1.56. The lowest BCUT2D eigenvalue weighted by molar-refractivity contribution is -0.132. The van der Waals surface area contributed by atoms with Crippen LogP contribution in [0.3, 0.4) is 0 Å². The van der Waals surface area contributed by atoms with Crippen LogP contribution in [-0.2, 0) is 9.59 Å². The van der Waals surface area contributed by atoms with Gasteiger partial charge in [-0.25, -0.2) is 9.37 Å². The Morgan fingerprint density at radius 1 is 1.03 bits per heavy atom. The number of aliphatic hydroxyl groups excluding tert-OH is 1. The quantitative estimate of drug-likeness (QED) is 0.215. The molecule has 5 nitrogen and oxygen atoms in total. The first-order valence-electron chi connectivity index (χ1n) is 9.62. The fourth-order valence-electron chi connectivity index (χ4n) is 3.73. The van der Waals surface area contributed by atoms with Crippen molar-refractivity contribution in [3.8, 4) is 0 Å². The Hall–Kier alpha value is -3.36. The fraction of sp³-hybridized carbons (Fsp3) is 0.0417. The van der Waals surface area contributed by atoms with E-state index in [9.17, 15) is 19.1 Å². The van der Waals surface area contributed by atoms with Gasteiger partial charge in [-0.05, 0) is 35.9 Å². The van der Waals surface area contributed by atoms with Crippen molar-refractivity contribution in [2.75, 3.05) is 4.90 Å². The molecule has 0 saturated carbocycles. The lowest BCUT2D eigenvalue weighted by atomic mass is 9.95. The van der Waals surface area contributed by atoms with Crippen LogP contribution in [0.2, 0.25) is 0 Å².